The number of fused-ring (bicyclic) bond motifs is 7. The second-order valence-electron chi connectivity index (χ2n) is 15.4. The maximum atomic E-state index is 12.1. The zero-order chi connectivity index (χ0) is 40.6. The van der Waals surface area contributed by atoms with Gasteiger partial charge in [0.05, 0.1) is 11.0 Å². The highest BCUT2D eigenvalue weighted by atomic mass is 16.3. The average Bonchev–Trinajstić information content (AvgIpc) is 3.71. The van der Waals surface area contributed by atoms with Gasteiger partial charge in [-0.25, -0.2) is 4.98 Å². The SMILES string of the molecule is Oc1c(-c2c3ccccc3c(-c3ccc4cccnc4c3O)c3c2ccc2c(-c4ccc(-c5nc6ccccc6n5-c5ccccc5)cc4)cccc23)ccc2cccnc12. The second-order valence-corrected chi connectivity index (χ2v) is 15.4. The monoisotopic (exact) mass is 782 g/mol. The number of nitrogens with zero attached hydrogens (tertiary/aromatic N) is 4. The number of phenolic OH excluding ortho intramolecular Hbond substituents is 2. The zero-order valence-corrected chi connectivity index (χ0v) is 32.7. The Morgan fingerprint density at radius 3 is 1.70 bits per heavy atom. The van der Waals surface area contributed by atoms with Crippen LogP contribution in [-0.4, -0.2) is 29.7 Å². The number of rotatable bonds is 5. The van der Waals surface area contributed by atoms with Gasteiger partial charge in [-0.15, -0.1) is 0 Å². The molecule has 286 valence electrons. The molecule has 0 aliphatic heterocycles. The average molecular weight is 783 g/mol. The highest BCUT2D eigenvalue weighted by Crippen LogP contribution is 2.51. The van der Waals surface area contributed by atoms with Gasteiger partial charge in [-0.1, -0.05) is 133 Å². The van der Waals surface area contributed by atoms with E-state index in [1.807, 2.05) is 72.8 Å². The van der Waals surface area contributed by atoms with Crippen LogP contribution in [0.15, 0.2) is 194 Å². The fourth-order valence-corrected chi connectivity index (χ4v) is 9.38. The summed E-state index contributed by atoms with van der Waals surface area (Å²) in [7, 11) is 0. The van der Waals surface area contributed by atoms with E-state index < -0.39 is 0 Å². The molecule has 0 spiro atoms. The number of para-hydroxylation sites is 3. The lowest BCUT2D eigenvalue weighted by atomic mass is 9.82. The third-order valence-corrected chi connectivity index (χ3v) is 12.1. The first-order valence-electron chi connectivity index (χ1n) is 20.3. The summed E-state index contributed by atoms with van der Waals surface area (Å²) in [4.78, 5) is 14.3. The summed E-state index contributed by atoms with van der Waals surface area (Å²) in [5, 5.41) is 31.7. The van der Waals surface area contributed by atoms with E-state index in [0.29, 0.717) is 22.2 Å². The van der Waals surface area contributed by atoms with Gasteiger partial charge >= 0.3 is 0 Å². The van der Waals surface area contributed by atoms with Gasteiger partial charge in [-0.2, -0.15) is 0 Å². The normalized spacial score (nSPS) is 11.7. The molecule has 0 bridgehead atoms. The fourth-order valence-electron chi connectivity index (χ4n) is 9.38. The van der Waals surface area contributed by atoms with E-state index >= 15 is 0 Å². The van der Waals surface area contributed by atoms with Crippen molar-refractivity contribution in [3.63, 3.8) is 0 Å². The van der Waals surface area contributed by atoms with Crippen LogP contribution >= 0.6 is 0 Å². The topological polar surface area (TPSA) is 84.1 Å². The molecule has 0 saturated carbocycles. The quantitative estimate of drug-likeness (QED) is 0.134. The summed E-state index contributed by atoms with van der Waals surface area (Å²) in [5.41, 5.74) is 10.5. The van der Waals surface area contributed by atoms with Crippen molar-refractivity contribution >= 4 is 65.2 Å². The largest absolute Gasteiger partial charge is 0.505 e. The minimum atomic E-state index is 0.125. The smallest absolute Gasteiger partial charge is 0.149 e. The number of phenols is 2. The zero-order valence-electron chi connectivity index (χ0n) is 32.7. The Balaban J connectivity index is 1.12. The number of hydrogen-bond donors (Lipinski definition) is 2. The van der Waals surface area contributed by atoms with Crippen LogP contribution in [0.3, 0.4) is 0 Å². The first kappa shape index (κ1) is 34.7. The Kier molecular flexibility index (Phi) is 7.74. The van der Waals surface area contributed by atoms with Gasteiger partial charge in [0, 0.05) is 56.7 Å². The highest BCUT2D eigenvalue weighted by Gasteiger charge is 2.24. The molecule has 12 rings (SSSR count). The van der Waals surface area contributed by atoms with E-state index in [4.69, 9.17) is 4.98 Å². The first-order valence-corrected chi connectivity index (χ1v) is 20.3. The van der Waals surface area contributed by atoms with Crippen molar-refractivity contribution in [2.45, 2.75) is 0 Å². The second kappa shape index (κ2) is 13.6. The molecule has 3 heterocycles. The molecule has 0 unspecified atom stereocenters. The van der Waals surface area contributed by atoms with Gasteiger partial charge in [-0.05, 0) is 92.0 Å². The van der Waals surface area contributed by atoms with Crippen molar-refractivity contribution in [3.8, 4) is 62.0 Å². The Hall–Kier alpha value is -8.35. The van der Waals surface area contributed by atoms with Crippen molar-refractivity contribution in [2.75, 3.05) is 0 Å². The molecule has 61 heavy (non-hydrogen) atoms. The molecular weight excluding hydrogens is 749 g/mol. The number of aromatic nitrogens is 4. The molecule has 0 radical (unpaired) electrons. The molecule has 0 fully saturated rings. The summed E-state index contributed by atoms with van der Waals surface area (Å²) in [6.45, 7) is 0. The lowest BCUT2D eigenvalue weighted by Crippen LogP contribution is -1.97. The van der Waals surface area contributed by atoms with Crippen molar-refractivity contribution in [1.82, 2.24) is 19.5 Å². The number of imidazole rings is 1. The van der Waals surface area contributed by atoms with Crippen LogP contribution in [-0.2, 0) is 0 Å². The lowest BCUT2D eigenvalue weighted by molar-refractivity contribution is 0.482. The van der Waals surface area contributed by atoms with Gasteiger partial charge in [0.2, 0.25) is 0 Å². The van der Waals surface area contributed by atoms with E-state index in [-0.39, 0.29) is 11.5 Å². The molecule has 12 aromatic rings. The van der Waals surface area contributed by atoms with Crippen molar-refractivity contribution in [3.05, 3.63) is 194 Å². The van der Waals surface area contributed by atoms with Gasteiger partial charge in [-0.3, -0.25) is 14.5 Å². The molecule has 9 aromatic carbocycles. The molecule has 0 saturated heterocycles. The summed E-state index contributed by atoms with van der Waals surface area (Å²) >= 11 is 0. The molecule has 0 amide bonds. The molecule has 6 heteroatoms. The van der Waals surface area contributed by atoms with E-state index in [1.54, 1.807) is 12.4 Å². The highest BCUT2D eigenvalue weighted by molar-refractivity contribution is 6.30. The van der Waals surface area contributed by atoms with Crippen molar-refractivity contribution in [1.29, 1.82) is 0 Å². The van der Waals surface area contributed by atoms with Crippen LogP contribution in [0, 0.1) is 0 Å². The third kappa shape index (κ3) is 5.32. The Morgan fingerprint density at radius 1 is 0.393 bits per heavy atom. The molecule has 3 aromatic heterocycles. The summed E-state index contributed by atoms with van der Waals surface area (Å²) in [5.74, 6) is 1.13. The van der Waals surface area contributed by atoms with Crippen LogP contribution in [0.2, 0.25) is 0 Å². The van der Waals surface area contributed by atoms with Gasteiger partial charge in [0.15, 0.2) is 0 Å². The standard InChI is InChI=1S/C55H34N4O2/c60-53-44(27-25-34-11-9-31-56-51(34)53)48-41-15-4-5-16-42(41)50(45-28-26-35-12-10-32-57-52(35)54(45)61)49-40-18-8-17-38(39(40)29-30-43(48)49)33-21-23-36(24-22-33)55-58-46-19-6-7-20-47(46)59(55)37-13-2-1-3-14-37/h1-32,60-61H. The summed E-state index contributed by atoms with van der Waals surface area (Å²) < 4.78 is 2.22. The van der Waals surface area contributed by atoms with Crippen molar-refractivity contribution in [2.24, 2.45) is 0 Å². The minimum absolute atomic E-state index is 0.125. The van der Waals surface area contributed by atoms with Crippen LogP contribution < -0.4 is 0 Å². The maximum Gasteiger partial charge on any atom is 0.149 e. The molecule has 0 aliphatic rings. The summed E-state index contributed by atoms with van der Waals surface area (Å²) in [6, 6.07) is 62.1. The van der Waals surface area contributed by atoms with Crippen LogP contribution in [0.4, 0.5) is 0 Å². The Bertz CT molecular complexity index is 3730. The summed E-state index contributed by atoms with van der Waals surface area (Å²) in [6.07, 6.45) is 3.43. The number of aromatic hydroxyl groups is 2. The van der Waals surface area contributed by atoms with Crippen LogP contribution in [0.5, 0.6) is 11.5 Å². The van der Waals surface area contributed by atoms with E-state index in [2.05, 4.69) is 124 Å². The minimum Gasteiger partial charge on any atom is -0.505 e. The van der Waals surface area contributed by atoms with E-state index in [1.165, 1.54) is 0 Å². The van der Waals surface area contributed by atoms with E-state index in [0.717, 1.165) is 93.5 Å². The van der Waals surface area contributed by atoms with Crippen LogP contribution in [0.25, 0.3) is 116 Å². The lowest BCUT2D eigenvalue weighted by Gasteiger charge is -2.21. The van der Waals surface area contributed by atoms with Crippen LogP contribution in [0.1, 0.15) is 0 Å². The number of hydrogen-bond acceptors (Lipinski definition) is 5. The van der Waals surface area contributed by atoms with Crippen molar-refractivity contribution < 1.29 is 10.2 Å². The molecule has 0 aliphatic carbocycles. The molecule has 2 N–H and O–H groups in total. The predicted molar refractivity (Wildman–Crippen MR) is 249 cm³/mol. The molecule has 6 nitrogen and oxygen atoms in total. The fraction of sp³-hybridized carbons (Fsp3) is 0. The van der Waals surface area contributed by atoms with Gasteiger partial charge in [0.25, 0.3) is 0 Å². The van der Waals surface area contributed by atoms with Gasteiger partial charge in [0.1, 0.15) is 28.4 Å². The predicted octanol–water partition coefficient (Wildman–Crippen LogP) is 13.7. The third-order valence-electron chi connectivity index (χ3n) is 12.1. The Labute approximate surface area is 349 Å². The van der Waals surface area contributed by atoms with Gasteiger partial charge < -0.3 is 10.2 Å². The Morgan fingerprint density at radius 2 is 0.984 bits per heavy atom. The first-order chi connectivity index (χ1) is 30.1. The number of benzene rings is 9. The number of pyridine rings is 2. The molecule has 0 atom stereocenters. The maximum absolute atomic E-state index is 12.1. The van der Waals surface area contributed by atoms with E-state index in [9.17, 15) is 10.2 Å². The molecular formula is C55H34N4O2.